The maximum atomic E-state index is 13.7. The van der Waals surface area contributed by atoms with E-state index in [1.165, 1.54) is 37.7 Å². The largest absolute Gasteiger partial charge is 0.437 e. The lowest BCUT2D eigenvalue weighted by Gasteiger charge is -2.32. The van der Waals surface area contributed by atoms with Crippen molar-refractivity contribution >= 4 is 23.2 Å². The first-order valence-electron chi connectivity index (χ1n) is 14.8. The zero-order chi connectivity index (χ0) is 29.5. The summed E-state index contributed by atoms with van der Waals surface area (Å²) in [6.45, 7) is 5.63. The number of β-amino-alcohol motifs (C(OH)–C–C–N with tert-alkyl or cyclic N) is 1. The molecule has 0 spiro atoms. The number of likely N-dealkylation sites (N-methyl/N-ethyl adjacent to an activating group) is 1. The van der Waals surface area contributed by atoms with E-state index in [1.807, 2.05) is 12.1 Å². The molecule has 2 fully saturated rings. The number of hydrogen-bond donors (Lipinski definition) is 1. The van der Waals surface area contributed by atoms with E-state index in [-0.39, 0.29) is 5.82 Å². The Hall–Kier alpha value is -3.66. The Balaban J connectivity index is 0.000000300. The summed E-state index contributed by atoms with van der Waals surface area (Å²) in [4.78, 5) is 27.0. The van der Waals surface area contributed by atoms with Crippen molar-refractivity contribution in [1.29, 1.82) is 0 Å². The molecule has 1 N–H and O–H groups in total. The second kappa shape index (κ2) is 14.0. The third-order valence-electron chi connectivity index (χ3n) is 8.38. The number of benzene rings is 2. The van der Waals surface area contributed by atoms with Crippen LogP contribution in [0, 0.1) is 5.82 Å². The fourth-order valence-corrected chi connectivity index (χ4v) is 5.85. The SMILES string of the molecule is CN(c1ncnc2oc(-c3ccc(C=O)cc3)c(-c3ccc(F)cc3)c12)C1CCCCC1.CN1CCN(CCO)CC1. The van der Waals surface area contributed by atoms with Gasteiger partial charge in [0.25, 0.3) is 0 Å². The molecule has 0 bridgehead atoms. The van der Waals surface area contributed by atoms with Crippen LogP contribution in [-0.2, 0) is 0 Å². The molecule has 222 valence electrons. The van der Waals surface area contributed by atoms with E-state index >= 15 is 0 Å². The highest BCUT2D eigenvalue weighted by Gasteiger charge is 2.27. The van der Waals surface area contributed by atoms with Gasteiger partial charge in [0.2, 0.25) is 5.71 Å². The topological polar surface area (TPSA) is 85.9 Å². The predicted octanol–water partition coefficient (Wildman–Crippen LogP) is 5.50. The highest BCUT2D eigenvalue weighted by molar-refractivity contribution is 6.06. The molecule has 1 aliphatic heterocycles. The summed E-state index contributed by atoms with van der Waals surface area (Å²) in [6, 6.07) is 14.0. The molecule has 0 radical (unpaired) electrons. The van der Waals surface area contributed by atoms with Crippen LogP contribution in [0.4, 0.5) is 10.2 Å². The molecule has 0 amide bonds. The second-order valence-corrected chi connectivity index (χ2v) is 11.2. The molecule has 0 unspecified atom stereocenters. The Morgan fingerprint density at radius 2 is 1.64 bits per heavy atom. The summed E-state index contributed by atoms with van der Waals surface area (Å²) in [7, 11) is 4.22. The summed E-state index contributed by atoms with van der Waals surface area (Å²) in [5.74, 6) is 1.15. The number of halogens is 1. The molecule has 2 aliphatic rings. The van der Waals surface area contributed by atoms with Crippen LogP contribution in [0.1, 0.15) is 42.5 Å². The Bertz CT molecular complexity index is 1440. The maximum Gasteiger partial charge on any atom is 0.232 e. The molecule has 2 aromatic heterocycles. The smallest absolute Gasteiger partial charge is 0.232 e. The minimum Gasteiger partial charge on any atom is -0.437 e. The number of nitrogens with zero attached hydrogens (tertiary/aromatic N) is 5. The maximum absolute atomic E-state index is 13.7. The molecule has 4 aromatic rings. The number of hydrogen-bond acceptors (Lipinski definition) is 8. The third kappa shape index (κ3) is 6.86. The zero-order valence-corrected chi connectivity index (χ0v) is 24.5. The van der Waals surface area contributed by atoms with Crippen molar-refractivity contribution in [3.8, 4) is 22.5 Å². The number of aldehydes is 1. The number of aliphatic hydroxyl groups is 1. The Morgan fingerprint density at radius 3 is 2.29 bits per heavy atom. The fraction of sp³-hybridized carbons (Fsp3) is 0.424. The monoisotopic (exact) mass is 573 g/mol. The number of piperazine rings is 1. The molecular weight excluding hydrogens is 533 g/mol. The van der Waals surface area contributed by atoms with Crippen molar-refractivity contribution in [3.63, 3.8) is 0 Å². The molecule has 0 atom stereocenters. The van der Waals surface area contributed by atoms with Crippen molar-refractivity contribution in [2.24, 2.45) is 0 Å². The summed E-state index contributed by atoms with van der Waals surface area (Å²) < 4.78 is 20.0. The van der Waals surface area contributed by atoms with Crippen LogP contribution in [0.5, 0.6) is 0 Å². The number of anilines is 1. The van der Waals surface area contributed by atoms with Gasteiger partial charge in [0.1, 0.15) is 30.0 Å². The number of fused-ring (bicyclic) bond motifs is 1. The predicted molar refractivity (Wildman–Crippen MR) is 164 cm³/mol. The van der Waals surface area contributed by atoms with Gasteiger partial charge in [0, 0.05) is 62.5 Å². The minimum absolute atomic E-state index is 0.295. The third-order valence-corrected chi connectivity index (χ3v) is 8.38. The van der Waals surface area contributed by atoms with Gasteiger partial charge in [-0.05, 0) is 37.6 Å². The summed E-state index contributed by atoms with van der Waals surface area (Å²) in [5, 5.41) is 9.45. The molecule has 1 saturated heterocycles. The number of rotatable bonds is 7. The van der Waals surface area contributed by atoms with Crippen molar-refractivity contribution in [2.75, 3.05) is 58.3 Å². The molecular formula is C33H40FN5O3. The molecule has 1 saturated carbocycles. The number of aliphatic hydroxyl groups excluding tert-OH is 1. The van der Waals surface area contributed by atoms with E-state index in [4.69, 9.17) is 9.52 Å². The Labute approximate surface area is 246 Å². The minimum atomic E-state index is -0.297. The molecule has 8 nitrogen and oxygen atoms in total. The summed E-state index contributed by atoms with van der Waals surface area (Å²) >= 11 is 0. The van der Waals surface area contributed by atoms with Gasteiger partial charge in [-0.25, -0.2) is 14.4 Å². The Kier molecular flexibility index (Phi) is 9.94. The average Bonchev–Trinajstić information content (AvgIpc) is 3.43. The average molecular weight is 574 g/mol. The van der Waals surface area contributed by atoms with Crippen LogP contribution in [0.3, 0.4) is 0 Å². The lowest BCUT2D eigenvalue weighted by molar-refractivity contribution is 0.112. The molecule has 3 heterocycles. The van der Waals surface area contributed by atoms with Gasteiger partial charge < -0.3 is 19.3 Å². The van der Waals surface area contributed by atoms with Crippen LogP contribution in [-0.4, -0.2) is 90.6 Å². The van der Waals surface area contributed by atoms with Crippen molar-refractivity contribution < 1.29 is 18.7 Å². The lowest BCUT2D eigenvalue weighted by Crippen LogP contribution is -2.45. The van der Waals surface area contributed by atoms with E-state index in [0.29, 0.717) is 29.7 Å². The van der Waals surface area contributed by atoms with E-state index in [9.17, 15) is 9.18 Å². The zero-order valence-electron chi connectivity index (χ0n) is 24.5. The van der Waals surface area contributed by atoms with Gasteiger partial charge >= 0.3 is 0 Å². The number of furan rings is 1. The van der Waals surface area contributed by atoms with Crippen LogP contribution in [0.25, 0.3) is 33.6 Å². The fourth-order valence-electron chi connectivity index (χ4n) is 5.85. The van der Waals surface area contributed by atoms with Gasteiger partial charge in [-0.2, -0.15) is 0 Å². The first kappa shape index (κ1) is 29.8. The summed E-state index contributed by atoms with van der Waals surface area (Å²) in [6.07, 6.45) is 8.32. The first-order valence-corrected chi connectivity index (χ1v) is 14.8. The number of carbonyl (C=O) groups excluding carboxylic acids is 1. The lowest BCUT2D eigenvalue weighted by atomic mass is 9.94. The van der Waals surface area contributed by atoms with Gasteiger partial charge in [-0.3, -0.25) is 9.69 Å². The van der Waals surface area contributed by atoms with Crippen LogP contribution in [0.2, 0.25) is 0 Å². The van der Waals surface area contributed by atoms with Crippen molar-refractivity contribution in [1.82, 2.24) is 19.8 Å². The molecule has 1 aliphatic carbocycles. The molecule has 9 heteroatoms. The van der Waals surface area contributed by atoms with Crippen LogP contribution >= 0.6 is 0 Å². The standard InChI is InChI=1S/C26H24FN3O2.C7H16N2O/c1-30(21-5-3-2-4-6-21)25-23-22(18-11-13-20(27)14-12-18)24(32-26(23)29-16-28-25)19-9-7-17(15-31)8-10-19;1-8-2-4-9(5-3-8)6-7-10/h7-16,21H,2-6H2,1H3;10H,2-7H2,1H3. The highest BCUT2D eigenvalue weighted by Crippen LogP contribution is 2.44. The van der Waals surface area contributed by atoms with Crippen molar-refractivity contribution in [3.05, 3.63) is 66.2 Å². The van der Waals surface area contributed by atoms with E-state index < -0.39 is 0 Å². The highest BCUT2D eigenvalue weighted by atomic mass is 19.1. The van der Waals surface area contributed by atoms with Gasteiger partial charge in [0.05, 0.1) is 12.0 Å². The van der Waals surface area contributed by atoms with Gasteiger partial charge in [0.15, 0.2) is 0 Å². The van der Waals surface area contributed by atoms with Gasteiger partial charge in [-0.15, -0.1) is 0 Å². The van der Waals surface area contributed by atoms with E-state index in [1.54, 1.807) is 24.3 Å². The summed E-state index contributed by atoms with van der Waals surface area (Å²) in [5.41, 5.74) is 3.56. The molecule has 2 aromatic carbocycles. The van der Waals surface area contributed by atoms with Gasteiger partial charge in [-0.1, -0.05) is 55.7 Å². The normalized spacial score (nSPS) is 16.7. The van der Waals surface area contributed by atoms with E-state index in [2.05, 4.69) is 38.8 Å². The quantitative estimate of drug-likeness (QED) is 0.290. The Morgan fingerprint density at radius 1 is 0.976 bits per heavy atom. The van der Waals surface area contributed by atoms with Crippen LogP contribution in [0.15, 0.2) is 59.3 Å². The second-order valence-electron chi connectivity index (χ2n) is 11.2. The molecule has 6 rings (SSSR count). The molecule has 42 heavy (non-hydrogen) atoms. The number of aromatic nitrogens is 2. The number of carbonyl (C=O) groups is 1. The van der Waals surface area contributed by atoms with Crippen LogP contribution < -0.4 is 4.90 Å². The van der Waals surface area contributed by atoms with E-state index in [0.717, 1.165) is 79.7 Å². The first-order chi connectivity index (χ1) is 20.5. The van der Waals surface area contributed by atoms with Crippen molar-refractivity contribution in [2.45, 2.75) is 38.1 Å².